The van der Waals surface area contributed by atoms with Crippen LogP contribution in [0.1, 0.15) is 5.69 Å². The lowest BCUT2D eigenvalue weighted by atomic mass is 10.3. The summed E-state index contributed by atoms with van der Waals surface area (Å²) in [7, 11) is 2.13. The predicted octanol–water partition coefficient (Wildman–Crippen LogP) is 1.09. The smallest absolute Gasteiger partial charge is 0.177 e. The van der Waals surface area contributed by atoms with Crippen LogP contribution in [0.2, 0.25) is 0 Å². The third-order valence-corrected chi connectivity index (χ3v) is 2.66. The minimum Gasteiger partial charge on any atom is -0.320 e. The molecular formula is C7H10BrN3. The average molecular weight is 216 g/mol. The van der Waals surface area contributed by atoms with E-state index in [-0.39, 0.29) is 0 Å². The van der Waals surface area contributed by atoms with Gasteiger partial charge in [-0.3, -0.25) is 4.90 Å². The van der Waals surface area contributed by atoms with Crippen molar-refractivity contribution in [1.29, 1.82) is 0 Å². The largest absolute Gasteiger partial charge is 0.320 e. The van der Waals surface area contributed by atoms with Crippen LogP contribution in [0.3, 0.4) is 0 Å². The monoisotopic (exact) mass is 215 g/mol. The summed E-state index contributed by atoms with van der Waals surface area (Å²) in [6.07, 6.45) is 1.93. The van der Waals surface area contributed by atoms with Crippen molar-refractivity contribution in [3.05, 3.63) is 16.6 Å². The molecule has 0 amide bonds. The number of halogens is 1. The number of rotatable bonds is 0. The molecule has 0 aromatic carbocycles. The zero-order valence-electron chi connectivity index (χ0n) is 6.42. The van der Waals surface area contributed by atoms with Crippen LogP contribution < -0.4 is 0 Å². The molecule has 0 N–H and O–H groups in total. The number of nitrogens with zero attached hydrogens (tertiary/aromatic N) is 3. The van der Waals surface area contributed by atoms with Crippen LogP contribution in [-0.4, -0.2) is 28.0 Å². The van der Waals surface area contributed by atoms with Crippen molar-refractivity contribution in [2.75, 3.05) is 13.6 Å². The van der Waals surface area contributed by atoms with Gasteiger partial charge < -0.3 is 4.57 Å². The summed E-state index contributed by atoms with van der Waals surface area (Å²) in [5.41, 5.74) is 1.30. The Balaban J connectivity index is 2.36. The van der Waals surface area contributed by atoms with Crippen LogP contribution in [0.5, 0.6) is 0 Å². The zero-order valence-corrected chi connectivity index (χ0v) is 8.00. The first-order valence-corrected chi connectivity index (χ1v) is 4.45. The van der Waals surface area contributed by atoms with Gasteiger partial charge in [0.2, 0.25) is 0 Å². The second-order valence-electron chi connectivity index (χ2n) is 2.91. The summed E-state index contributed by atoms with van der Waals surface area (Å²) < 4.78 is 3.17. The van der Waals surface area contributed by atoms with Crippen molar-refractivity contribution in [1.82, 2.24) is 14.5 Å². The van der Waals surface area contributed by atoms with Crippen molar-refractivity contribution in [2.24, 2.45) is 0 Å². The molecule has 1 aliphatic heterocycles. The van der Waals surface area contributed by atoms with E-state index in [2.05, 4.69) is 37.4 Å². The molecule has 0 bridgehead atoms. The number of imidazole rings is 1. The van der Waals surface area contributed by atoms with Gasteiger partial charge in [-0.2, -0.15) is 0 Å². The highest BCUT2D eigenvalue weighted by molar-refractivity contribution is 9.10. The fourth-order valence-electron chi connectivity index (χ4n) is 1.37. The summed E-state index contributed by atoms with van der Waals surface area (Å²) in [5.74, 6) is 0. The zero-order chi connectivity index (χ0) is 7.84. The van der Waals surface area contributed by atoms with E-state index in [1.807, 2.05) is 6.20 Å². The van der Waals surface area contributed by atoms with Crippen LogP contribution in [0, 0.1) is 0 Å². The standard InChI is InChI=1S/C7H10BrN3/c1-10-2-3-11-6(5-10)4-9-7(11)8/h4H,2-3,5H2,1H3. The number of likely N-dealkylation sites (N-methyl/N-ethyl adjacent to an activating group) is 1. The van der Waals surface area contributed by atoms with Crippen molar-refractivity contribution in [3.8, 4) is 0 Å². The van der Waals surface area contributed by atoms with E-state index < -0.39 is 0 Å². The fourth-order valence-corrected chi connectivity index (χ4v) is 1.88. The molecular weight excluding hydrogens is 206 g/mol. The molecule has 11 heavy (non-hydrogen) atoms. The van der Waals surface area contributed by atoms with Gasteiger partial charge in [0.15, 0.2) is 4.73 Å². The maximum absolute atomic E-state index is 4.19. The molecule has 2 heterocycles. The Morgan fingerprint density at radius 2 is 2.36 bits per heavy atom. The molecule has 4 heteroatoms. The molecule has 0 atom stereocenters. The van der Waals surface area contributed by atoms with Gasteiger partial charge in [0.1, 0.15) is 0 Å². The predicted molar refractivity (Wildman–Crippen MR) is 46.3 cm³/mol. The lowest BCUT2D eigenvalue weighted by Gasteiger charge is -2.24. The maximum Gasteiger partial charge on any atom is 0.177 e. The molecule has 1 aliphatic rings. The van der Waals surface area contributed by atoms with Gasteiger partial charge in [-0.05, 0) is 23.0 Å². The minimum atomic E-state index is 0.959. The molecule has 3 nitrogen and oxygen atoms in total. The topological polar surface area (TPSA) is 21.1 Å². The van der Waals surface area contributed by atoms with E-state index >= 15 is 0 Å². The summed E-state index contributed by atoms with van der Waals surface area (Å²) >= 11 is 3.41. The molecule has 0 fully saturated rings. The third kappa shape index (κ3) is 1.20. The molecule has 1 aromatic rings. The van der Waals surface area contributed by atoms with Gasteiger partial charge >= 0.3 is 0 Å². The Hall–Kier alpha value is -0.350. The first kappa shape index (κ1) is 7.31. The van der Waals surface area contributed by atoms with Crippen LogP contribution in [-0.2, 0) is 13.1 Å². The van der Waals surface area contributed by atoms with Crippen molar-refractivity contribution >= 4 is 15.9 Å². The first-order valence-electron chi connectivity index (χ1n) is 3.66. The second kappa shape index (κ2) is 2.60. The highest BCUT2D eigenvalue weighted by atomic mass is 79.9. The van der Waals surface area contributed by atoms with Gasteiger partial charge in [-0.15, -0.1) is 0 Å². The van der Waals surface area contributed by atoms with Crippen LogP contribution in [0.15, 0.2) is 10.9 Å². The molecule has 0 saturated carbocycles. The van der Waals surface area contributed by atoms with Crippen molar-refractivity contribution in [3.63, 3.8) is 0 Å². The van der Waals surface area contributed by atoms with Crippen LogP contribution >= 0.6 is 15.9 Å². The third-order valence-electron chi connectivity index (χ3n) is 2.03. The quantitative estimate of drug-likeness (QED) is 0.647. The lowest BCUT2D eigenvalue weighted by molar-refractivity contribution is 0.268. The normalized spacial score (nSPS) is 18.4. The molecule has 0 spiro atoms. The molecule has 60 valence electrons. The molecule has 2 rings (SSSR count). The number of hydrogen-bond donors (Lipinski definition) is 0. The summed E-state index contributed by atoms with van der Waals surface area (Å²) in [4.78, 5) is 6.48. The van der Waals surface area contributed by atoms with Gasteiger partial charge in [-0.1, -0.05) is 0 Å². The van der Waals surface area contributed by atoms with E-state index in [4.69, 9.17) is 0 Å². The minimum absolute atomic E-state index is 0.959. The van der Waals surface area contributed by atoms with E-state index in [0.717, 1.165) is 24.4 Å². The first-order chi connectivity index (χ1) is 5.27. The highest BCUT2D eigenvalue weighted by Crippen LogP contribution is 2.16. The Kier molecular flexibility index (Phi) is 1.73. The van der Waals surface area contributed by atoms with Gasteiger partial charge in [0, 0.05) is 19.6 Å². The molecule has 0 radical (unpaired) electrons. The maximum atomic E-state index is 4.19. The van der Waals surface area contributed by atoms with E-state index in [1.54, 1.807) is 0 Å². The summed E-state index contributed by atoms with van der Waals surface area (Å²) in [6, 6.07) is 0. The summed E-state index contributed by atoms with van der Waals surface area (Å²) in [6.45, 7) is 3.17. The van der Waals surface area contributed by atoms with Crippen molar-refractivity contribution in [2.45, 2.75) is 13.1 Å². The second-order valence-corrected chi connectivity index (χ2v) is 3.62. The molecule has 1 aromatic heterocycles. The van der Waals surface area contributed by atoms with E-state index in [9.17, 15) is 0 Å². The lowest BCUT2D eigenvalue weighted by Crippen LogP contribution is -2.29. The Labute approximate surface area is 74.2 Å². The molecule has 0 saturated heterocycles. The molecule has 0 unspecified atom stereocenters. The number of hydrogen-bond acceptors (Lipinski definition) is 2. The van der Waals surface area contributed by atoms with Gasteiger partial charge in [-0.25, -0.2) is 4.98 Å². The fraction of sp³-hybridized carbons (Fsp3) is 0.571. The molecule has 0 aliphatic carbocycles. The Morgan fingerprint density at radius 1 is 1.55 bits per heavy atom. The van der Waals surface area contributed by atoms with Crippen molar-refractivity contribution < 1.29 is 0 Å². The SMILES string of the molecule is CN1CCn2c(cnc2Br)C1. The van der Waals surface area contributed by atoms with E-state index in [1.165, 1.54) is 5.69 Å². The van der Waals surface area contributed by atoms with E-state index in [0.29, 0.717) is 0 Å². The summed E-state index contributed by atoms with van der Waals surface area (Å²) in [5, 5.41) is 0. The highest BCUT2D eigenvalue weighted by Gasteiger charge is 2.14. The average Bonchev–Trinajstić information content (AvgIpc) is 2.32. The van der Waals surface area contributed by atoms with Gasteiger partial charge in [0.25, 0.3) is 0 Å². The van der Waals surface area contributed by atoms with Crippen LogP contribution in [0.25, 0.3) is 0 Å². The number of aromatic nitrogens is 2. The van der Waals surface area contributed by atoms with Crippen LogP contribution in [0.4, 0.5) is 0 Å². The Morgan fingerprint density at radius 3 is 3.18 bits per heavy atom. The number of fused-ring (bicyclic) bond motifs is 1. The Bertz CT molecular complexity index is 269. The van der Waals surface area contributed by atoms with Gasteiger partial charge in [0.05, 0.1) is 11.9 Å².